The summed E-state index contributed by atoms with van der Waals surface area (Å²) in [5.41, 5.74) is -0.207. The van der Waals surface area contributed by atoms with Crippen molar-refractivity contribution in [3.63, 3.8) is 0 Å². The number of ether oxygens (including phenoxy) is 3. The number of hydrogen-bond acceptors (Lipinski definition) is 6. The first-order valence-electron chi connectivity index (χ1n) is 7.66. The summed E-state index contributed by atoms with van der Waals surface area (Å²) in [6.45, 7) is 6.01. The van der Waals surface area contributed by atoms with Crippen molar-refractivity contribution in [3.05, 3.63) is 23.5 Å². The predicted octanol–water partition coefficient (Wildman–Crippen LogP) is 1.94. The Labute approximate surface area is 135 Å². The third-order valence-electron chi connectivity index (χ3n) is 4.69. The average molecular weight is 322 g/mol. The van der Waals surface area contributed by atoms with Crippen molar-refractivity contribution in [2.24, 2.45) is 11.3 Å². The molecule has 126 valence electrons. The highest BCUT2D eigenvalue weighted by Crippen LogP contribution is 2.50. The van der Waals surface area contributed by atoms with Crippen LogP contribution in [0.25, 0.3) is 0 Å². The molecule has 6 nitrogen and oxygen atoms in total. The van der Waals surface area contributed by atoms with E-state index < -0.39 is 17.4 Å². The zero-order valence-corrected chi connectivity index (χ0v) is 13.8. The summed E-state index contributed by atoms with van der Waals surface area (Å²) in [6, 6.07) is 0. The topological polar surface area (TPSA) is 78.9 Å². The van der Waals surface area contributed by atoms with E-state index in [1.807, 2.05) is 0 Å². The summed E-state index contributed by atoms with van der Waals surface area (Å²) in [5, 5.41) is 0. The highest BCUT2D eigenvalue weighted by atomic mass is 16.5. The number of carbonyl (C=O) groups is 3. The first kappa shape index (κ1) is 17.2. The monoisotopic (exact) mass is 322 g/mol. The molecule has 2 aliphatic rings. The number of esters is 2. The maximum Gasteiger partial charge on any atom is 0.323 e. The van der Waals surface area contributed by atoms with E-state index in [4.69, 9.17) is 14.2 Å². The van der Waals surface area contributed by atoms with Crippen molar-refractivity contribution < 1.29 is 28.6 Å². The number of fused-ring (bicyclic) bond motifs is 1. The van der Waals surface area contributed by atoms with Gasteiger partial charge in [-0.1, -0.05) is 12.2 Å². The number of rotatable bonds is 5. The molecule has 6 heteroatoms. The Morgan fingerprint density at radius 2 is 1.87 bits per heavy atom. The van der Waals surface area contributed by atoms with Crippen LogP contribution in [-0.4, -0.2) is 38.5 Å². The quantitative estimate of drug-likeness (QED) is 0.437. The molecule has 1 saturated carbocycles. The highest BCUT2D eigenvalue weighted by Gasteiger charge is 2.54. The van der Waals surface area contributed by atoms with E-state index in [2.05, 4.69) is 6.58 Å². The van der Waals surface area contributed by atoms with Crippen LogP contribution in [0.4, 0.5) is 0 Å². The molecule has 1 atom stereocenters. The SMILES string of the molecule is C=C(OCC)C1=C2CC(C(=O)OC)(C(=O)OC)CCC2CC1=O. The van der Waals surface area contributed by atoms with E-state index in [1.165, 1.54) is 14.2 Å². The molecule has 0 spiro atoms. The summed E-state index contributed by atoms with van der Waals surface area (Å²) in [4.78, 5) is 36.9. The summed E-state index contributed by atoms with van der Waals surface area (Å²) in [6.07, 6.45) is 1.34. The van der Waals surface area contributed by atoms with Crippen LogP contribution < -0.4 is 0 Å². The molecule has 2 rings (SSSR count). The Kier molecular flexibility index (Phi) is 4.92. The van der Waals surface area contributed by atoms with Crippen molar-refractivity contribution in [1.29, 1.82) is 0 Å². The average Bonchev–Trinajstić information content (AvgIpc) is 2.87. The summed E-state index contributed by atoms with van der Waals surface area (Å²) in [7, 11) is 2.49. The zero-order chi connectivity index (χ0) is 17.2. The van der Waals surface area contributed by atoms with Crippen LogP contribution in [0.3, 0.4) is 0 Å². The lowest BCUT2D eigenvalue weighted by Crippen LogP contribution is -2.44. The second-order valence-corrected chi connectivity index (χ2v) is 5.86. The van der Waals surface area contributed by atoms with Crippen LogP contribution in [0.15, 0.2) is 23.5 Å². The largest absolute Gasteiger partial charge is 0.494 e. The standard InChI is InChI=1S/C17H22O6/c1-5-23-10(2)14-12-9-17(15(19)21-3,16(20)22-4)7-6-11(12)8-13(14)18/h11H,2,5-9H2,1,3-4H3. The fourth-order valence-corrected chi connectivity index (χ4v) is 3.58. The molecular weight excluding hydrogens is 300 g/mol. The summed E-state index contributed by atoms with van der Waals surface area (Å²) in [5.74, 6) is -0.973. The molecule has 0 radical (unpaired) electrons. The number of hydrogen-bond donors (Lipinski definition) is 0. The van der Waals surface area contributed by atoms with Gasteiger partial charge in [0.2, 0.25) is 0 Å². The molecule has 0 heterocycles. The van der Waals surface area contributed by atoms with E-state index in [0.717, 1.165) is 5.57 Å². The minimum absolute atomic E-state index is 0.0251. The van der Waals surface area contributed by atoms with Gasteiger partial charge in [0.15, 0.2) is 11.2 Å². The molecule has 0 amide bonds. The summed E-state index contributed by atoms with van der Waals surface area (Å²) >= 11 is 0. The Morgan fingerprint density at radius 1 is 1.26 bits per heavy atom. The van der Waals surface area contributed by atoms with Gasteiger partial charge in [-0.3, -0.25) is 14.4 Å². The number of Topliss-reactive ketones (excluding diaryl/α,β-unsaturated/α-hetero) is 1. The maximum atomic E-state index is 12.3. The normalized spacial score (nSPS) is 22.4. The Hall–Kier alpha value is -2.11. The Bertz CT molecular complexity index is 570. The smallest absolute Gasteiger partial charge is 0.323 e. The third kappa shape index (κ3) is 2.78. The van der Waals surface area contributed by atoms with Crippen molar-refractivity contribution in [3.8, 4) is 0 Å². The van der Waals surface area contributed by atoms with Gasteiger partial charge >= 0.3 is 11.9 Å². The molecule has 0 bridgehead atoms. The van der Waals surface area contributed by atoms with E-state index >= 15 is 0 Å². The minimum Gasteiger partial charge on any atom is -0.494 e. The van der Waals surface area contributed by atoms with Crippen molar-refractivity contribution in [2.75, 3.05) is 20.8 Å². The molecule has 0 aliphatic heterocycles. The van der Waals surface area contributed by atoms with Crippen LogP contribution in [0, 0.1) is 11.3 Å². The van der Waals surface area contributed by atoms with Crippen molar-refractivity contribution >= 4 is 17.7 Å². The fourth-order valence-electron chi connectivity index (χ4n) is 3.58. The van der Waals surface area contributed by atoms with Crippen LogP contribution in [-0.2, 0) is 28.6 Å². The lowest BCUT2D eigenvalue weighted by atomic mass is 9.68. The molecule has 1 fully saturated rings. The molecule has 0 N–H and O–H groups in total. The second-order valence-electron chi connectivity index (χ2n) is 5.86. The van der Waals surface area contributed by atoms with Gasteiger partial charge in [0, 0.05) is 6.42 Å². The second kappa shape index (κ2) is 6.56. The number of allylic oxidation sites excluding steroid dienone is 2. The molecule has 0 aromatic carbocycles. The molecule has 1 unspecified atom stereocenters. The van der Waals surface area contributed by atoms with Crippen molar-refractivity contribution in [2.45, 2.75) is 32.6 Å². The van der Waals surface area contributed by atoms with Gasteiger partial charge in [0.25, 0.3) is 0 Å². The van der Waals surface area contributed by atoms with E-state index in [-0.39, 0.29) is 18.1 Å². The molecule has 0 aromatic heterocycles. The molecule has 2 aliphatic carbocycles. The van der Waals surface area contributed by atoms with E-state index in [1.54, 1.807) is 6.92 Å². The lowest BCUT2D eigenvalue weighted by molar-refractivity contribution is -0.171. The molecule has 0 aromatic rings. The Balaban J connectivity index is 2.46. The first-order valence-corrected chi connectivity index (χ1v) is 7.66. The fraction of sp³-hybridized carbons (Fsp3) is 0.588. The van der Waals surface area contributed by atoms with Gasteiger partial charge in [0.1, 0.15) is 5.76 Å². The van der Waals surface area contributed by atoms with E-state index in [9.17, 15) is 14.4 Å². The predicted molar refractivity (Wildman–Crippen MR) is 81.2 cm³/mol. The number of ketones is 1. The van der Waals surface area contributed by atoms with Gasteiger partial charge < -0.3 is 14.2 Å². The maximum absolute atomic E-state index is 12.3. The number of carbonyl (C=O) groups excluding carboxylic acids is 3. The van der Waals surface area contributed by atoms with Crippen molar-refractivity contribution in [1.82, 2.24) is 0 Å². The van der Waals surface area contributed by atoms with Crippen LogP contribution in [0.1, 0.15) is 32.6 Å². The molecular formula is C17H22O6. The summed E-state index contributed by atoms with van der Waals surface area (Å²) < 4.78 is 15.0. The van der Waals surface area contributed by atoms with Gasteiger partial charge in [-0.05, 0) is 32.1 Å². The highest BCUT2D eigenvalue weighted by molar-refractivity contribution is 6.05. The third-order valence-corrected chi connectivity index (χ3v) is 4.69. The van der Waals surface area contributed by atoms with Crippen LogP contribution in [0.5, 0.6) is 0 Å². The number of methoxy groups -OCH3 is 2. The van der Waals surface area contributed by atoms with Gasteiger partial charge in [-0.2, -0.15) is 0 Å². The van der Waals surface area contributed by atoms with Gasteiger partial charge in [-0.25, -0.2) is 0 Å². The zero-order valence-electron chi connectivity index (χ0n) is 13.8. The van der Waals surface area contributed by atoms with Crippen LogP contribution >= 0.6 is 0 Å². The van der Waals surface area contributed by atoms with Gasteiger partial charge in [-0.15, -0.1) is 0 Å². The Morgan fingerprint density at radius 3 is 2.39 bits per heavy atom. The van der Waals surface area contributed by atoms with Crippen LogP contribution in [0.2, 0.25) is 0 Å². The lowest BCUT2D eigenvalue weighted by Gasteiger charge is -2.35. The minimum atomic E-state index is -1.39. The van der Waals surface area contributed by atoms with Gasteiger partial charge in [0.05, 0.1) is 26.4 Å². The van der Waals surface area contributed by atoms with E-state index in [0.29, 0.717) is 37.2 Å². The first-order chi connectivity index (χ1) is 10.9. The molecule has 23 heavy (non-hydrogen) atoms. The molecule has 0 saturated heterocycles.